The molecule has 2 aromatic heterocycles. The van der Waals surface area contributed by atoms with E-state index in [0.717, 1.165) is 25.2 Å². The number of amides is 3. The average Bonchev–Trinajstić information content (AvgIpc) is 3.46. The second-order valence-corrected chi connectivity index (χ2v) is 10.2. The van der Waals surface area contributed by atoms with Gasteiger partial charge in [-0.1, -0.05) is 13.0 Å². The fraction of sp³-hybridized carbons (Fsp3) is 0.429. The van der Waals surface area contributed by atoms with Crippen LogP contribution in [0.5, 0.6) is 0 Å². The molecule has 3 N–H and O–H groups in total. The molecule has 0 aliphatic carbocycles. The number of aromatic nitrogens is 4. The first kappa shape index (κ1) is 26.8. The summed E-state index contributed by atoms with van der Waals surface area (Å²) in [5.74, 6) is 1.22. The minimum absolute atomic E-state index is 0.0263. The smallest absolute Gasteiger partial charge is 0.327 e. The summed E-state index contributed by atoms with van der Waals surface area (Å²) in [5.41, 5.74) is 9.06. The molecule has 0 atom stereocenters. The third-order valence-electron chi connectivity index (χ3n) is 7.77. The van der Waals surface area contributed by atoms with Crippen molar-refractivity contribution < 1.29 is 14.3 Å². The standard InChI is InChI=1S/C28H34N10O3/c1-2-35-8-10-36(11-9-35)25(39)19-4-3-5-21(16-19)32-28(40)38-7-6-22-23(20-17-30-26(29)31-18-20)33-27(34-24(22)38)37-12-14-41-15-13-37/h3-5,16-18H,2,6-15H2,1H3,(H,32,40)(H2,29,30,31). The number of rotatable bonds is 5. The number of likely N-dealkylation sites (N-methyl/N-ethyl adjacent to an activating group) is 1. The van der Waals surface area contributed by atoms with E-state index in [4.69, 9.17) is 20.4 Å². The summed E-state index contributed by atoms with van der Waals surface area (Å²) in [6, 6.07) is 6.78. The maximum Gasteiger partial charge on any atom is 0.327 e. The number of carbonyl (C=O) groups is 2. The molecule has 0 unspecified atom stereocenters. The lowest BCUT2D eigenvalue weighted by atomic mass is 10.1. The molecule has 3 amide bonds. The van der Waals surface area contributed by atoms with Gasteiger partial charge in [0.1, 0.15) is 5.82 Å². The first-order chi connectivity index (χ1) is 20.0. The van der Waals surface area contributed by atoms with Gasteiger partial charge in [0, 0.05) is 80.6 Å². The number of fused-ring (bicyclic) bond motifs is 1. The largest absolute Gasteiger partial charge is 0.378 e. The molecule has 3 aromatic rings. The van der Waals surface area contributed by atoms with Crippen molar-refractivity contribution >= 4 is 35.3 Å². The number of nitrogen functional groups attached to an aromatic ring is 1. The van der Waals surface area contributed by atoms with E-state index in [0.29, 0.717) is 86.6 Å². The number of hydrogen-bond acceptors (Lipinski definition) is 10. The highest BCUT2D eigenvalue weighted by Crippen LogP contribution is 2.35. The summed E-state index contributed by atoms with van der Waals surface area (Å²) < 4.78 is 5.51. The molecule has 3 aliphatic heterocycles. The highest BCUT2D eigenvalue weighted by Gasteiger charge is 2.32. The van der Waals surface area contributed by atoms with Gasteiger partial charge in [0.25, 0.3) is 5.91 Å². The number of anilines is 4. The highest BCUT2D eigenvalue weighted by atomic mass is 16.5. The molecule has 0 spiro atoms. The van der Waals surface area contributed by atoms with Crippen molar-refractivity contribution in [3.05, 3.63) is 47.8 Å². The topological polar surface area (TPSA) is 146 Å². The van der Waals surface area contributed by atoms with E-state index in [9.17, 15) is 9.59 Å². The van der Waals surface area contributed by atoms with Gasteiger partial charge in [0.2, 0.25) is 11.9 Å². The second kappa shape index (κ2) is 11.6. The maximum absolute atomic E-state index is 13.6. The fourth-order valence-corrected chi connectivity index (χ4v) is 5.42. The van der Waals surface area contributed by atoms with Crippen LogP contribution in [0.1, 0.15) is 22.8 Å². The van der Waals surface area contributed by atoms with Crippen LogP contribution in [0.4, 0.5) is 28.2 Å². The lowest BCUT2D eigenvalue weighted by molar-refractivity contribution is 0.0643. The summed E-state index contributed by atoms with van der Waals surface area (Å²) in [4.78, 5) is 52.6. The van der Waals surface area contributed by atoms with Crippen LogP contribution in [0, 0.1) is 0 Å². The van der Waals surface area contributed by atoms with Crippen LogP contribution >= 0.6 is 0 Å². The summed E-state index contributed by atoms with van der Waals surface area (Å²) in [7, 11) is 0. The number of morpholine rings is 1. The lowest BCUT2D eigenvalue weighted by Crippen LogP contribution is -2.48. The molecule has 214 valence electrons. The number of benzene rings is 1. The number of nitrogens with one attached hydrogen (secondary N) is 1. The van der Waals surface area contributed by atoms with Gasteiger partial charge in [0.15, 0.2) is 0 Å². The number of nitrogens with two attached hydrogens (primary N) is 1. The Balaban J connectivity index is 1.24. The summed E-state index contributed by atoms with van der Waals surface area (Å²) >= 11 is 0. The van der Waals surface area contributed by atoms with Crippen LogP contribution in [0.25, 0.3) is 11.3 Å². The minimum Gasteiger partial charge on any atom is -0.378 e. The van der Waals surface area contributed by atoms with E-state index in [1.807, 2.05) is 4.90 Å². The van der Waals surface area contributed by atoms with E-state index in [1.165, 1.54) is 0 Å². The van der Waals surface area contributed by atoms with Gasteiger partial charge in [-0.25, -0.2) is 19.7 Å². The van der Waals surface area contributed by atoms with Crippen LogP contribution in [0.2, 0.25) is 0 Å². The summed E-state index contributed by atoms with van der Waals surface area (Å²) in [6.07, 6.45) is 3.86. The Bertz CT molecular complexity index is 1420. The Hall–Kier alpha value is -4.36. The fourth-order valence-electron chi connectivity index (χ4n) is 5.42. The van der Waals surface area contributed by atoms with Crippen molar-refractivity contribution in [3.63, 3.8) is 0 Å². The van der Waals surface area contributed by atoms with E-state index in [1.54, 1.807) is 41.6 Å². The molecule has 1 aromatic carbocycles. The number of nitrogens with zero attached hydrogens (tertiary/aromatic N) is 8. The zero-order valence-electron chi connectivity index (χ0n) is 23.1. The Morgan fingerprint density at radius 2 is 1.76 bits per heavy atom. The van der Waals surface area contributed by atoms with Crippen LogP contribution in [0.15, 0.2) is 36.7 Å². The molecule has 13 nitrogen and oxygen atoms in total. The van der Waals surface area contributed by atoms with Gasteiger partial charge < -0.3 is 30.5 Å². The quantitative estimate of drug-likeness (QED) is 0.475. The number of hydrogen-bond donors (Lipinski definition) is 2. The molecule has 2 fully saturated rings. The Morgan fingerprint density at radius 3 is 2.49 bits per heavy atom. The zero-order chi connectivity index (χ0) is 28.3. The molecule has 0 saturated carbocycles. The van der Waals surface area contributed by atoms with Crippen molar-refractivity contribution in [2.24, 2.45) is 0 Å². The number of piperazine rings is 1. The molecule has 2 saturated heterocycles. The number of urea groups is 1. The van der Waals surface area contributed by atoms with Crippen molar-refractivity contribution in [3.8, 4) is 11.3 Å². The van der Waals surface area contributed by atoms with Crippen LogP contribution in [-0.4, -0.2) is 107 Å². The van der Waals surface area contributed by atoms with Crippen molar-refractivity contribution in [1.29, 1.82) is 0 Å². The van der Waals surface area contributed by atoms with Gasteiger partial charge >= 0.3 is 6.03 Å². The van der Waals surface area contributed by atoms with E-state index >= 15 is 0 Å². The highest BCUT2D eigenvalue weighted by molar-refractivity contribution is 6.04. The minimum atomic E-state index is -0.323. The van der Waals surface area contributed by atoms with E-state index in [-0.39, 0.29) is 17.9 Å². The van der Waals surface area contributed by atoms with Gasteiger partial charge in [-0.3, -0.25) is 9.69 Å². The van der Waals surface area contributed by atoms with Gasteiger partial charge in [-0.15, -0.1) is 0 Å². The second-order valence-electron chi connectivity index (χ2n) is 10.2. The first-order valence-electron chi connectivity index (χ1n) is 14.0. The third-order valence-corrected chi connectivity index (χ3v) is 7.77. The normalized spacial score (nSPS) is 17.4. The molecular formula is C28H34N10O3. The van der Waals surface area contributed by atoms with Crippen molar-refractivity contribution in [1.82, 2.24) is 29.7 Å². The summed E-state index contributed by atoms with van der Waals surface area (Å²) in [6.45, 7) is 9.13. The van der Waals surface area contributed by atoms with Gasteiger partial charge in [-0.05, 0) is 31.2 Å². The summed E-state index contributed by atoms with van der Waals surface area (Å²) in [5, 5.41) is 2.98. The molecule has 3 aliphatic rings. The molecule has 0 bridgehead atoms. The zero-order valence-corrected chi connectivity index (χ0v) is 23.1. The molecule has 6 rings (SSSR count). The average molecular weight is 559 g/mol. The predicted octanol–water partition coefficient (Wildman–Crippen LogP) is 1.72. The number of carbonyl (C=O) groups excluding carboxylic acids is 2. The lowest BCUT2D eigenvalue weighted by Gasteiger charge is -2.34. The third kappa shape index (κ3) is 5.63. The van der Waals surface area contributed by atoms with Gasteiger partial charge in [0.05, 0.1) is 18.9 Å². The van der Waals surface area contributed by atoms with E-state index < -0.39 is 0 Å². The van der Waals surface area contributed by atoms with E-state index in [2.05, 4.69) is 32.0 Å². The first-order valence-corrected chi connectivity index (χ1v) is 14.0. The molecule has 13 heteroatoms. The monoisotopic (exact) mass is 558 g/mol. The van der Waals surface area contributed by atoms with Crippen molar-refractivity contribution in [2.75, 3.05) is 86.4 Å². The molecule has 0 radical (unpaired) electrons. The number of ether oxygens (including phenoxy) is 1. The predicted molar refractivity (Wildman–Crippen MR) is 155 cm³/mol. The molecule has 5 heterocycles. The molecule has 41 heavy (non-hydrogen) atoms. The van der Waals surface area contributed by atoms with Crippen LogP contribution < -0.4 is 20.9 Å². The Morgan fingerprint density at radius 1 is 1.00 bits per heavy atom. The van der Waals surface area contributed by atoms with Crippen molar-refractivity contribution in [2.45, 2.75) is 13.3 Å². The van der Waals surface area contributed by atoms with Crippen LogP contribution in [-0.2, 0) is 11.2 Å². The van der Waals surface area contributed by atoms with Gasteiger partial charge in [-0.2, -0.15) is 4.98 Å². The SMILES string of the molecule is CCN1CCN(C(=O)c2cccc(NC(=O)N3CCc4c(-c5cnc(N)nc5)nc(N5CCOCC5)nc43)c2)CC1. The maximum atomic E-state index is 13.6. The molecular weight excluding hydrogens is 524 g/mol. The van der Waals surface area contributed by atoms with Crippen LogP contribution in [0.3, 0.4) is 0 Å². The Labute approximate surface area is 238 Å². The Kier molecular flexibility index (Phi) is 7.61.